The molecule has 2 saturated heterocycles. The van der Waals surface area contributed by atoms with Crippen LogP contribution in [0.25, 0.3) is 0 Å². The quantitative estimate of drug-likeness (QED) is 0.661. The maximum Gasteiger partial charge on any atom is 0.416 e. The highest BCUT2D eigenvalue weighted by molar-refractivity contribution is 5.70. The van der Waals surface area contributed by atoms with Crippen molar-refractivity contribution in [3.05, 3.63) is 70.8 Å². The van der Waals surface area contributed by atoms with Gasteiger partial charge in [0.15, 0.2) is 0 Å². The normalized spacial score (nSPS) is 19.8. The molecule has 0 aliphatic carbocycles. The molecular weight excluding hydrogens is 447 g/mol. The van der Waals surface area contributed by atoms with Crippen molar-refractivity contribution in [2.75, 3.05) is 26.7 Å². The number of likely N-dealkylation sites (tertiary alicyclic amines) is 1. The van der Waals surface area contributed by atoms with Crippen molar-refractivity contribution < 1.29 is 27.4 Å². The topological polar surface area (TPSA) is 74.6 Å². The molecule has 2 aromatic rings. The number of rotatable bonds is 6. The number of amides is 1. The van der Waals surface area contributed by atoms with Crippen molar-refractivity contribution in [3.8, 4) is 6.07 Å². The van der Waals surface area contributed by atoms with E-state index < -0.39 is 29.4 Å². The average molecular weight is 473 g/mol. The van der Waals surface area contributed by atoms with Gasteiger partial charge in [-0.1, -0.05) is 30.3 Å². The lowest BCUT2D eigenvalue weighted by atomic mass is 9.85. The smallest absolute Gasteiger partial charge is 0.416 e. The summed E-state index contributed by atoms with van der Waals surface area (Å²) < 4.78 is 51.6. The number of halogens is 3. The van der Waals surface area contributed by atoms with Crippen LogP contribution in [0, 0.1) is 11.3 Å². The van der Waals surface area contributed by atoms with Gasteiger partial charge in [-0.25, -0.2) is 4.79 Å². The number of hydrogen-bond acceptors (Lipinski definition) is 5. The summed E-state index contributed by atoms with van der Waals surface area (Å²) in [4.78, 5) is 13.7. The zero-order chi connectivity index (χ0) is 24.3. The van der Waals surface area contributed by atoms with Gasteiger partial charge in [-0.3, -0.25) is 4.90 Å². The molecule has 2 aliphatic rings. The molecule has 1 N–H and O–H groups in total. The van der Waals surface area contributed by atoms with E-state index in [0.717, 1.165) is 11.6 Å². The number of piperidine rings is 1. The number of benzene rings is 2. The average Bonchev–Trinajstić information content (AvgIpc) is 3.20. The van der Waals surface area contributed by atoms with Gasteiger partial charge in [0.05, 0.1) is 23.7 Å². The Morgan fingerprint density at radius 3 is 2.44 bits per heavy atom. The molecule has 6 nitrogen and oxygen atoms in total. The molecule has 2 unspecified atom stereocenters. The Hall–Kier alpha value is -3.09. The van der Waals surface area contributed by atoms with Crippen LogP contribution in [0.4, 0.5) is 18.0 Å². The van der Waals surface area contributed by atoms with Crippen molar-refractivity contribution in [3.63, 3.8) is 0 Å². The third-order valence-electron chi connectivity index (χ3n) is 6.72. The minimum absolute atomic E-state index is 0.368. The van der Waals surface area contributed by atoms with Crippen molar-refractivity contribution in [2.45, 2.75) is 43.2 Å². The van der Waals surface area contributed by atoms with Crippen molar-refractivity contribution in [1.82, 2.24) is 10.2 Å². The summed E-state index contributed by atoms with van der Waals surface area (Å²) >= 11 is 0. The fourth-order valence-electron chi connectivity index (χ4n) is 4.82. The van der Waals surface area contributed by atoms with E-state index in [-0.39, 0.29) is 6.23 Å². The first-order valence-electron chi connectivity index (χ1n) is 11.1. The molecule has 2 atom stereocenters. The van der Waals surface area contributed by atoms with Crippen LogP contribution < -0.4 is 5.32 Å². The first kappa shape index (κ1) is 24.0. The molecule has 1 spiro atoms. The number of methoxy groups -OCH3 is 1. The number of nitrogens with one attached hydrogen (secondary N) is 1. The molecule has 180 valence electrons. The summed E-state index contributed by atoms with van der Waals surface area (Å²) in [7, 11) is 1.58. The number of nitriles is 1. The van der Waals surface area contributed by atoms with Crippen LogP contribution in [0.15, 0.2) is 48.5 Å². The molecule has 0 aromatic heterocycles. The largest absolute Gasteiger partial charge is 0.441 e. The Kier molecular flexibility index (Phi) is 6.82. The fraction of sp³-hybridized carbons (Fsp3) is 0.440. The van der Waals surface area contributed by atoms with Gasteiger partial charge in [0, 0.05) is 39.0 Å². The minimum atomic E-state index is -4.45. The molecule has 2 heterocycles. The van der Waals surface area contributed by atoms with Crippen LogP contribution in [0.1, 0.15) is 47.4 Å². The summed E-state index contributed by atoms with van der Waals surface area (Å²) in [6.07, 6.45) is -3.54. The molecule has 0 saturated carbocycles. The van der Waals surface area contributed by atoms with Gasteiger partial charge < -0.3 is 14.8 Å². The molecule has 1 amide bonds. The Labute approximate surface area is 196 Å². The number of carbonyl (C=O) groups is 1. The number of ether oxygens (including phenoxy) is 2. The van der Waals surface area contributed by atoms with E-state index in [0.29, 0.717) is 50.0 Å². The number of nitrogens with zero attached hydrogens (tertiary/aromatic N) is 2. The molecule has 0 radical (unpaired) electrons. The standard InChI is InChI=1S/C25H26F3N3O3/c1-33-22(31-10-8-24(9-11-31)16-30-23(32)34-24)14-21(18-5-2-4-17(12-18)15-29)19-6-3-7-20(13-19)25(26,27)28/h2-7,12-13,21-22H,8-11,14,16H2,1H3,(H,30,32). The van der Waals surface area contributed by atoms with Gasteiger partial charge in [-0.2, -0.15) is 18.4 Å². The Balaban J connectivity index is 1.60. The predicted octanol–water partition coefficient (Wildman–Crippen LogP) is 4.65. The van der Waals surface area contributed by atoms with Crippen LogP contribution in [-0.2, 0) is 15.7 Å². The molecule has 9 heteroatoms. The van der Waals surface area contributed by atoms with Crippen LogP contribution >= 0.6 is 0 Å². The Morgan fingerprint density at radius 1 is 1.18 bits per heavy atom. The van der Waals surface area contributed by atoms with Gasteiger partial charge in [-0.05, 0) is 35.7 Å². The second kappa shape index (κ2) is 9.65. The molecule has 2 aliphatic heterocycles. The monoisotopic (exact) mass is 473 g/mol. The van der Waals surface area contributed by atoms with E-state index in [2.05, 4.69) is 16.3 Å². The van der Waals surface area contributed by atoms with Gasteiger partial charge >= 0.3 is 12.3 Å². The molecular formula is C25H26F3N3O3. The highest BCUT2D eigenvalue weighted by atomic mass is 19.4. The van der Waals surface area contributed by atoms with Crippen LogP contribution in [0.2, 0.25) is 0 Å². The van der Waals surface area contributed by atoms with Crippen LogP contribution in [0.5, 0.6) is 0 Å². The van der Waals surface area contributed by atoms with Crippen molar-refractivity contribution >= 4 is 6.09 Å². The third-order valence-corrected chi connectivity index (χ3v) is 6.72. The van der Waals surface area contributed by atoms with Gasteiger partial charge in [0.2, 0.25) is 0 Å². The molecule has 4 rings (SSSR count). The lowest BCUT2D eigenvalue weighted by molar-refractivity contribution is -0.137. The number of alkyl halides is 3. The van der Waals surface area contributed by atoms with E-state index in [4.69, 9.17) is 9.47 Å². The van der Waals surface area contributed by atoms with E-state index in [9.17, 15) is 23.2 Å². The van der Waals surface area contributed by atoms with Crippen LogP contribution in [-0.4, -0.2) is 49.6 Å². The van der Waals surface area contributed by atoms with Crippen molar-refractivity contribution in [1.29, 1.82) is 5.26 Å². The maximum absolute atomic E-state index is 13.4. The first-order chi connectivity index (χ1) is 16.2. The maximum atomic E-state index is 13.4. The Morgan fingerprint density at radius 2 is 1.85 bits per heavy atom. The molecule has 2 fully saturated rings. The van der Waals surface area contributed by atoms with Gasteiger partial charge in [-0.15, -0.1) is 0 Å². The fourth-order valence-corrected chi connectivity index (χ4v) is 4.82. The molecule has 0 bridgehead atoms. The molecule has 34 heavy (non-hydrogen) atoms. The number of carbonyl (C=O) groups excluding carboxylic acids is 1. The van der Waals surface area contributed by atoms with Crippen LogP contribution in [0.3, 0.4) is 0 Å². The Bertz CT molecular complexity index is 1070. The third kappa shape index (κ3) is 5.18. The van der Waals surface area contributed by atoms with Crippen molar-refractivity contribution in [2.24, 2.45) is 0 Å². The second-order valence-corrected chi connectivity index (χ2v) is 8.80. The summed E-state index contributed by atoms with van der Waals surface area (Å²) in [5.74, 6) is -0.414. The van der Waals surface area contributed by atoms with Gasteiger partial charge in [0.1, 0.15) is 11.8 Å². The summed E-state index contributed by atoms with van der Waals surface area (Å²) in [5.41, 5.74) is 0.486. The number of hydrogen-bond donors (Lipinski definition) is 1. The zero-order valence-corrected chi connectivity index (χ0v) is 18.8. The van der Waals surface area contributed by atoms with E-state index in [1.54, 1.807) is 31.4 Å². The SMILES string of the molecule is COC(CC(c1cccc(C#N)c1)c1cccc(C(F)(F)F)c1)N1CCC2(CC1)CNC(=O)O2. The lowest BCUT2D eigenvalue weighted by Crippen LogP contribution is -2.50. The van der Waals surface area contributed by atoms with E-state index >= 15 is 0 Å². The summed E-state index contributed by atoms with van der Waals surface area (Å²) in [5, 5.41) is 12.1. The first-order valence-corrected chi connectivity index (χ1v) is 11.1. The van der Waals surface area contributed by atoms with E-state index in [1.807, 2.05) is 6.07 Å². The second-order valence-electron chi connectivity index (χ2n) is 8.80. The highest BCUT2D eigenvalue weighted by Crippen LogP contribution is 2.37. The predicted molar refractivity (Wildman–Crippen MR) is 118 cm³/mol. The summed E-state index contributed by atoms with van der Waals surface area (Å²) in [6, 6.07) is 14.4. The van der Waals surface area contributed by atoms with E-state index in [1.165, 1.54) is 12.1 Å². The van der Waals surface area contributed by atoms with Gasteiger partial charge in [0.25, 0.3) is 0 Å². The highest BCUT2D eigenvalue weighted by Gasteiger charge is 2.44. The summed E-state index contributed by atoms with van der Waals surface area (Å²) in [6.45, 7) is 1.73. The number of alkyl carbamates (subject to hydrolysis) is 1. The zero-order valence-electron chi connectivity index (χ0n) is 18.8. The minimum Gasteiger partial charge on any atom is -0.441 e. The molecule has 2 aromatic carbocycles. The lowest BCUT2D eigenvalue weighted by Gasteiger charge is -2.41.